The normalized spacial score (nSPS) is 11.5. The van der Waals surface area contributed by atoms with Crippen LogP contribution in [-0.2, 0) is 0 Å². The van der Waals surface area contributed by atoms with Crippen LogP contribution in [0.15, 0.2) is 85.1 Å². The molecule has 1 aromatic heterocycles. The molecule has 1 unspecified atom stereocenters. The predicted octanol–water partition coefficient (Wildman–Crippen LogP) is 6.44. The first-order valence-electron chi connectivity index (χ1n) is 10.4. The molecular formula is C25H20F3N5O. The number of urea groups is 1. The molecule has 1 atom stereocenters. The zero-order valence-corrected chi connectivity index (χ0v) is 18.0. The molecule has 0 saturated heterocycles. The zero-order chi connectivity index (χ0) is 24.1. The van der Waals surface area contributed by atoms with Crippen molar-refractivity contribution in [2.24, 2.45) is 0 Å². The topological polar surface area (TPSA) is 70.2 Å². The number of carbonyl (C=O) groups is 1. The van der Waals surface area contributed by atoms with E-state index < -0.39 is 29.2 Å². The van der Waals surface area contributed by atoms with E-state index in [1.165, 1.54) is 36.5 Å². The fraction of sp³-hybridized carbons (Fsp3) is 0.0800. The molecular weight excluding hydrogens is 443 g/mol. The minimum Gasteiger partial charge on any atom is -0.348 e. The fourth-order valence-electron chi connectivity index (χ4n) is 3.31. The van der Waals surface area contributed by atoms with Gasteiger partial charge in [0, 0.05) is 12.3 Å². The van der Waals surface area contributed by atoms with Gasteiger partial charge in [-0.2, -0.15) is 4.98 Å². The Bertz CT molecular complexity index is 1280. The Balaban J connectivity index is 1.68. The minimum atomic E-state index is -0.950. The highest BCUT2D eigenvalue weighted by Crippen LogP contribution is 2.28. The van der Waals surface area contributed by atoms with E-state index in [1.54, 1.807) is 0 Å². The second-order valence-electron chi connectivity index (χ2n) is 7.36. The summed E-state index contributed by atoms with van der Waals surface area (Å²) in [7, 11) is 0. The second-order valence-corrected chi connectivity index (χ2v) is 7.36. The summed E-state index contributed by atoms with van der Waals surface area (Å²) in [5, 5.41) is 5.36. The van der Waals surface area contributed by atoms with E-state index in [4.69, 9.17) is 0 Å². The Labute approximate surface area is 194 Å². The van der Waals surface area contributed by atoms with Crippen LogP contribution in [0, 0.1) is 17.5 Å². The summed E-state index contributed by atoms with van der Waals surface area (Å²) in [5.41, 5.74) is 0.472. The molecule has 0 spiro atoms. The molecule has 4 aromatic rings. The summed E-state index contributed by atoms with van der Waals surface area (Å²) in [4.78, 5) is 22.8. The Morgan fingerprint density at radius 2 is 1.62 bits per heavy atom. The fourth-order valence-corrected chi connectivity index (χ4v) is 3.31. The highest BCUT2D eigenvalue weighted by atomic mass is 19.1. The van der Waals surface area contributed by atoms with Gasteiger partial charge in [-0.1, -0.05) is 42.5 Å². The third-order valence-corrected chi connectivity index (χ3v) is 4.98. The summed E-state index contributed by atoms with van der Waals surface area (Å²) in [6.45, 7) is 1.92. The number of carbonyl (C=O) groups excluding carboxylic acids is 1. The van der Waals surface area contributed by atoms with Crippen LogP contribution >= 0.6 is 0 Å². The molecule has 0 aliphatic carbocycles. The number of nitrogens with zero attached hydrogens (tertiary/aromatic N) is 3. The Morgan fingerprint density at radius 1 is 0.912 bits per heavy atom. The largest absolute Gasteiger partial charge is 0.348 e. The molecule has 172 valence electrons. The van der Waals surface area contributed by atoms with Crippen LogP contribution in [0.3, 0.4) is 0 Å². The van der Waals surface area contributed by atoms with Crippen molar-refractivity contribution >= 4 is 29.2 Å². The monoisotopic (exact) mass is 463 g/mol. The van der Waals surface area contributed by atoms with Crippen LogP contribution < -0.4 is 15.5 Å². The van der Waals surface area contributed by atoms with E-state index in [0.29, 0.717) is 0 Å². The lowest BCUT2D eigenvalue weighted by Crippen LogP contribution is -2.32. The molecule has 1 heterocycles. The zero-order valence-electron chi connectivity index (χ0n) is 18.0. The molecule has 0 radical (unpaired) electrons. The number of anilines is 4. The van der Waals surface area contributed by atoms with Gasteiger partial charge in [0.05, 0.1) is 11.7 Å². The van der Waals surface area contributed by atoms with Gasteiger partial charge in [-0.3, -0.25) is 0 Å². The van der Waals surface area contributed by atoms with Gasteiger partial charge >= 0.3 is 6.03 Å². The highest BCUT2D eigenvalue weighted by molar-refractivity contribution is 6.06. The van der Waals surface area contributed by atoms with Gasteiger partial charge in [-0.15, -0.1) is 0 Å². The summed E-state index contributed by atoms with van der Waals surface area (Å²) >= 11 is 0. The van der Waals surface area contributed by atoms with E-state index in [1.807, 2.05) is 37.3 Å². The number of rotatable bonds is 6. The number of aromatic nitrogens is 2. The van der Waals surface area contributed by atoms with Crippen molar-refractivity contribution in [3.8, 4) is 0 Å². The number of amides is 2. The van der Waals surface area contributed by atoms with Crippen molar-refractivity contribution in [2.75, 3.05) is 15.5 Å². The molecule has 0 fully saturated rings. The quantitative estimate of drug-likeness (QED) is 0.345. The van der Waals surface area contributed by atoms with Crippen molar-refractivity contribution in [3.63, 3.8) is 0 Å². The van der Waals surface area contributed by atoms with Gasteiger partial charge in [-0.05, 0) is 42.8 Å². The minimum absolute atomic E-state index is 0.0672. The lowest BCUT2D eigenvalue weighted by Gasteiger charge is -2.23. The molecule has 0 aliphatic rings. The molecule has 9 heteroatoms. The van der Waals surface area contributed by atoms with Crippen molar-refractivity contribution in [1.29, 1.82) is 0 Å². The Hall–Kier alpha value is -4.40. The Kier molecular flexibility index (Phi) is 6.72. The molecule has 0 saturated carbocycles. The molecule has 2 amide bonds. The average Bonchev–Trinajstić information content (AvgIpc) is 2.83. The molecule has 6 nitrogen and oxygen atoms in total. The van der Waals surface area contributed by atoms with Crippen molar-refractivity contribution in [3.05, 3.63) is 108 Å². The smallest absolute Gasteiger partial charge is 0.332 e. The lowest BCUT2D eigenvalue weighted by molar-refractivity contribution is 0.258. The van der Waals surface area contributed by atoms with Crippen LogP contribution in [0.2, 0.25) is 0 Å². The van der Waals surface area contributed by atoms with Gasteiger partial charge in [0.1, 0.15) is 29.0 Å². The highest BCUT2D eigenvalue weighted by Gasteiger charge is 2.23. The predicted molar refractivity (Wildman–Crippen MR) is 124 cm³/mol. The molecule has 4 rings (SSSR count). The van der Waals surface area contributed by atoms with E-state index in [2.05, 4.69) is 20.6 Å². The number of nitrogens with one attached hydrogen (secondary N) is 2. The summed E-state index contributed by atoms with van der Waals surface area (Å²) in [6.07, 6.45) is 1.42. The first-order chi connectivity index (χ1) is 16.4. The summed E-state index contributed by atoms with van der Waals surface area (Å²) < 4.78 is 42.3. The Morgan fingerprint density at radius 3 is 2.32 bits per heavy atom. The van der Waals surface area contributed by atoms with Crippen molar-refractivity contribution < 1.29 is 18.0 Å². The molecule has 34 heavy (non-hydrogen) atoms. The number of hydrogen-bond donors (Lipinski definition) is 2. The summed E-state index contributed by atoms with van der Waals surface area (Å²) in [6, 6.07) is 18.4. The molecule has 0 aliphatic heterocycles. The van der Waals surface area contributed by atoms with E-state index >= 15 is 0 Å². The van der Waals surface area contributed by atoms with E-state index in [9.17, 15) is 18.0 Å². The maximum Gasteiger partial charge on any atom is 0.332 e. The van der Waals surface area contributed by atoms with Gasteiger partial charge in [0.25, 0.3) is 0 Å². The molecule has 0 bridgehead atoms. The van der Waals surface area contributed by atoms with Crippen LogP contribution in [-0.4, -0.2) is 16.0 Å². The van der Waals surface area contributed by atoms with Crippen LogP contribution in [0.4, 0.5) is 41.1 Å². The van der Waals surface area contributed by atoms with Crippen LogP contribution in [0.1, 0.15) is 18.5 Å². The maximum atomic E-state index is 14.1. The SMILES string of the molecule is CC(Nc1nccc(N(C(=O)Nc2c(F)cccc2F)c2cccc(F)c2)n1)c1ccccc1. The second kappa shape index (κ2) is 10.0. The van der Waals surface area contributed by atoms with Crippen molar-refractivity contribution in [1.82, 2.24) is 9.97 Å². The molecule has 2 N–H and O–H groups in total. The number of benzene rings is 3. The van der Waals surface area contributed by atoms with Gasteiger partial charge in [-0.25, -0.2) is 27.8 Å². The maximum absolute atomic E-state index is 14.1. The molecule has 3 aromatic carbocycles. The van der Waals surface area contributed by atoms with Crippen LogP contribution in [0.25, 0.3) is 0 Å². The summed E-state index contributed by atoms with van der Waals surface area (Å²) in [5.74, 6) is -2.22. The standard InChI is InChI=1S/C25H20F3N5O/c1-16(17-7-3-2-4-8-17)30-24-29-14-13-22(31-24)33(19-10-5-9-18(26)15-19)25(34)32-23-20(27)11-6-12-21(23)28/h2-16H,1H3,(H,32,34)(H,29,30,31). The first kappa shape index (κ1) is 22.8. The third kappa shape index (κ3) is 5.15. The van der Waals surface area contributed by atoms with Gasteiger partial charge in [0.15, 0.2) is 0 Å². The van der Waals surface area contributed by atoms with Gasteiger partial charge in [0.2, 0.25) is 5.95 Å². The lowest BCUT2D eigenvalue weighted by atomic mass is 10.1. The number of para-hydroxylation sites is 1. The number of halogens is 3. The first-order valence-corrected chi connectivity index (χ1v) is 10.4. The average molecular weight is 463 g/mol. The number of hydrogen-bond acceptors (Lipinski definition) is 4. The van der Waals surface area contributed by atoms with Gasteiger partial charge < -0.3 is 10.6 Å². The van der Waals surface area contributed by atoms with E-state index in [0.717, 1.165) is 28.7 Å². The third-order valence-electron chi connectivity index (χ3n) is 4.98. The van der Waals surface area contributed by atoms with Crippen molar-refractivity contribution in [2.45, 2.75) is 13.0 Å². The van der Waals surface area contributed by atoms with Crippen LogP contribution in [0.5, 0.6) is 0 Å². The van der Waals surface area contributed by atoms with E-state index in [-0.39, 0.29) is 23.5 Å².